The Morgan fingerprint density at radius 2 is 1.93 bits per heavy atom. The van der Waals surface area contributed by atoms with Crippen molar-refractivity contribution in [1.29, 1.82) is 0 Å². The summed E-state index contributed by atoms with van der Waals surface area (Å²) >= 11 is 0. The number of aliphatic hydroxyl groups is 1. The molecule has 1 saturated carbocycles. The maximum Gasteiger partial charge on any atom is 0.226 e. The van der Waals surface area contributed by atoms with Crippen molar-refractivity contribution < 1.29 is 14.6 Å². The van der Waals surface area contributed by atoms with Crippen LogP contribution in [0.2, 0.25) is 0 Å². The summed E-state index contributed by atoms with van der Waals surface area (Å²) in [6.45, 7) is 1.17. The quantitative estimate of drug-likeness (QED) is 0.645. The van der Waals surface area contributed by atoms with Gasteiger partial charge in [0.2, 0.25) is 7.37 Å². The third-order valence-corrected chi connectivity index (χ3v) is 4.57. The van der Waals surface area contributed by atoms with Crippen LogP contribution in [0.15, 0.2) is 0 Å². The van der Waals surface area contributed by atoms with Crippen molar-refractivity contribution in [1.82, 2.24) is 0 Å². The molecule has 1 rings (SSSR count). The number of hydrogen-bond acceptors (Lipinski definition) is 3. The van der Waals surface area contributed by atoms with Crippen molar-refractivity contribution in [2.75, 3.05) is 6.66 Å². The van der Waals surface area contributed by atoms with Gasteiger partial charge in [0.1, 0.15) is 5.85 Å². The van der Waals surface area contributed by atoms with E-state index in [-0.39, 0.29) is 0 Å². The van der Waals surface area contributed by atoms with E-state index in [0.29, 0.717) is 12.3 Å². The van der Waals surface area contributed by atoms with Gasteiger partial charge >= 0.3 is 0 Å². The van der Waals surface area contributed by atoms with E-state index in [0.717, 1.165) is 12.8 Å². The highest BCUT2D eigenvalue weighted by atomic mass is 31.2. The van der Waals surface area contributed by atoms with Crippen LogP contribution >= 0.6 is 7.37 Å². The van der Waals surface area contributed by atoms with Crippen molar-refractivity contribution in [2.24, 2.45) is 11.7 Å². The summed E-state index contributed by atoms with van der Waals surface area (Å²) in [6.07, 6.45) is 6.66. The lowest BCUT2D eigenvalue weighted by Gasteiger charge is -2.27. The lowest BCUT2D eigenvalue weighted by atomic mass is 9.85. The van der Waals surface area contributed by atoms with Crippen LogP contribution in [-0.2, 0) is 4.57 Å². The second-order valence-electron chi connectivity index (χ2n) is 4.76. The fourth-order valence-electron chi connectivity index (χ4n) is 2.28. The first-order chi connectivity index (χ1) is 6.91. The maximum atomic E-state index is 11.2. The average molecular weight is 235 g/mol. The molecule has 90 valence electrons. The highest BCUT2D eigenvalue weighted by Crippen LogP contribution is 2.43. The summed E-state index contributed by atoms with van der Waals surface area (Å²) in [6, 6.07) is -0.561. The van der Waals surface area contributed by atoms with E-state index in [1.54, 1.807) is 0 Å². The van der Waals surface area contributed by atoms with Gasteiger partial charge in [0, 0.05) is 12.7 Å². The summed E-state index contributed by atoms with van der Waals surface area (Å²) in [5, 5.41) is 9.55. The van der Waals surface area contributed by atoms with Crippen molar-refractivity contribution in [2.45, 2.75) is 50.4 Å². The van der Waals surface area contributed by atoms with Gasteiger partial charge in [-0.05, 0) is 12.3 Å². The minimum Gasteiger partial charge on any atom is -0.381 e. The van der Waals surface area contributed by atoms with Gasteiger partial charge in [-0.1, -0.05) is 32.1 Å². The van der Waals surface area contributed by atoms with Gasteiger partial charge in [-0.15, -0.1) is 0 Å². The van der Waals surface area contributed by atoms with Crippen LogP contribution in [0.5, 0.6) is 0 Å². The van der Waals surface area contributed by atoms with E-state index < -0.39 is 19.3 Å². The molecular formula is C10H22NO3P. The molecular weight excluding hydrogens is 213 g/mol. The van der Waals surface area contributed by atoms with Gasteiger partial charge in [0.05, 0.1) is 0 Å². The van der Waals surface area contributed by atoms with Crippen molar-refractivity contribution in [3.8, 4) is 0 Å². The number of hydrogen-bond donors (Lipinski definition) is 3. The molecule has 0 radical (unpaired) electrons. The molecule has 0 heterocycles. The Morgan fingerprint density at radius 3 is 2.40 bits per heavy atom. The first kappa shape index (κ1) is 13.2. The van der Waals surface area contributed by atoms with Crippen LogP contribution in [0.25, 0.3) is 0 Å². The maximum absolute atomic E-state index is 11.2. The average Bonchev–Trinajstić information content (AvgIpc) is 2.16. The van der Waals surface area contributed by atoms with Gasteiger partial charge in [-0.25, -0.2) is 0 Å². The molecule has 15 heavy (non-hydrogen) atoms. The Kier molecular flexibility index (Phi) is 4.78. The minimum atomic E-state index is -3.45. The van der Waals surface area contributed by atoms with Gasteiger partial charge < -0.3 is 15.7 Å². The minimum absolute atomic E-state index is 0.523. The van der Waals surface area contributed by atoms with E-state index in [1.807, 2.05) is 0 Å². The van der Waals surface area contributed by atoms with Crippen LogP contribution in [0.1, 0.15) is 38.5 Å². The molecule has 1 aliphatic carbocycles. The molecule has 0 saturated heterocycles. The Labute approximate surface area is 91.3 Å². The zero-order valence-corrected chi connectivity index (χ0v) is 10.2. The first-order valence-electron chi connectivity index (χ1n) is 5.65. The van der Waals surface area contributed by atoms with Gasteiger partial charge in [0.15, 0.2) is 0 Å². The molecule has 3 unspecified atom stereocenters. The molecule has 0 amide bonds. The third kappa shape index (κ3) is 4.23. The van der Waals surface area contributed by atoms with Crippen LogP contribution in [0.4, 0.5) is 0 Å². The van der Waals surface area contributed by atoms with Crippen LogP contribution < -0.4 is 5.73 Å². The van der Waals surface area contributed by atoms with Crippen molar-refractivity contribution in [3.63, 3.8) is 0 Å². The summed E-state index contributed by atoms with van der Waals surface area (Å²) < 4.78 is 11.2. The predicted octanol–water partition coefficient (Wildman–Crippen LogP) is 1.50. The summed E-state index contributed by atoms with van der Waals surface area (Å²) in [5.41, 5.74) is 5.75. The Bertz CT molecular complexity index is 235. The monoisotopic (exact) mass is 235 g/mol. The Hall–Kier alpha value is 0.110. The zero-order chi connectivity index (χ0) is 11.5. The molecule has 0 aliphatic heterocycles. The zero-order valence-electron chi connectivity index (χ0n) is 9.30. The fraction of sp³-hybridized carbons (Fsp3) is 1.00. The predicted molar refractivity (Wildman–Crippen MR) is 60.9 cm³/mol. The van der Waals surface area contributed by atoms with Gasteiger partial charge in [-0.3, -0.25) is 4.57 Å². The van der Waals surface area contributed by atoms with Crippen molar-refractivity contribution in [3.05, 3.63) is 0 Å². The normalized spacial score (nSPS) is 26.9. The molecule has 5 heteroatoms. The molecule has 0 bridgehead atoms. The van der Waals surface area contributed by atoms with E-state index >= 15 is 0 Å². The molecule has 0 aromatic heterocycles. The Morgan fingerprint density at radius 1 is 1.40 bits per heavy atom. The second-order valence-corrected chi connectivity index (χ2v) is 7.18. The number of nitrogens with two attached hydrogens (primary N) is 1. The van der Waals surface area contributed by atoms with Crippen LogP contribution in [-0.4, -0.2) is 28.6 Å². The standard InChI is InChI=1S/C10H22NO3P/c1-15(13,14)10(12)9(11)7-8-5-3-2-4-6-8/h8-10,12H,2-7,11H2,1H3,(H,13,14). The second kappa shape index (κ2) is 5.44. The summed E-state index contributed by atoms with van der Waals surface area (Å²) in [4.78, 5) is 9.21. The lowest BCUT2D eigenvalue weighted by molar-refractivity contribution is 0.178. The molecule has 4 nitrogen and oxygen atoms in total. The summed E-state index contributed by atoms with van der Waals surface area (Å²) in [5.74, 6) is -0.741. The largest absolute Gasteiger partial charge is 0.381 e. The lowest BCUT2D eigenvalue weighted by Crippen LogP contribution is -2.36. The molecule has 4 N–H and O–H groups in total. The first-order valence-corrected chi connectivity index (χ1v) is 7.82. The van der Waals surface area contributed by atoms with E-state index in [2.05, 4.69) is 0 Å². The molecule has 0 aromatic rings. The topological polar surface area (TPSA) is 83.5 Å². The third-order valence-electron chi connectivity index (χ3n) is 3.20. The smallest absolute Gasteiger partial charge is 0.226 e. The SMILES string of the molecule is CP(=O)(O)C(O)C(N)CC1CCCCC1. The van der Waals surface area contributed by atoms with E-state index in [9.17, 15) is 14.6 Å². The molecule has 0 aromatic carbocycles. The highest BCUT2D eigenvalue weighted by Gasteiger charge is 2.31. The van der Waals surface area contributed by atoms with Crippen LogP contribution in [0, 0.1) is 5.92 Å². The fourth-order valence-corrected chi connectivity index (χ4v) is 3.12. The molecule has 0 spiro atoms. The Balaban J connectivity index is 2.40. The molecule has 3 atom stereocenters. The highest BCUT2D eigenvalue weighted by molar-refractivity contribution is 7.57. The van der Waals surface area contributed by atoms with Crippen molar-refractivity contribution >= 4 is 7.37 Å². The summed E-state index contributed by atoms with van der Waals surface area (Å²) in [7, 11) is -3.45. The van der Waals surface area contributed by atoms with Gasteiger partial charge in [-0.2, -0.15) is 0 Å². The van der Waals surface area contributed by atoms with Crippen LogP contribution in [0.3, 0.4) is 0 Å². The molecule has 1 fully saturated rings. The number of aliphatic hydroxyl groups excluding tert-OH is 1. The van der Waals surface area contributed by atoms with Gasteiger partial charge in [0.25, 0.3) is 0 Å². The number of rotatable bonds is 4. The van der Waals surface area contributed by atoms with E-state index in [1.165, 1.54) is 25.9 Å². The molecule has 1 aliphatic rings. The van der Waals surface area contributed by atoms with E-state index in [4.69, 9.17) is 5.73 Å².